The van der Waals surface area contributed by atoms with E-state index in [0.29, 0.717) is 24.3 Å². The lowest BCUT2D eigenvalue weighted by atomic mass is 9.92. The number of carbonyl (C=O) groups excluding carboxylic acids is 1. The number of anilines is 1. The Morgan fingerprint density at radius 2 is 2.09 bits per heavy atom. The number of non-ortho nitro benzene ring substituents is 1. The molecule has 1 aliphatic heterocycles. The van der Waals surface area contributed by atoms with Gasteiger partial charge in [-0.1, -0.05) is 26.8 Å². The summed E-state index contributed by atoms with van der Waals surface area (Å²) in [7, 11) is 0. The topological polar surface area (TPSA) is 92.1 Å². The van der Waals surface area contributed by atoms with E-state index in [2.05, 4.69) is 10.2 Å². The summed E-state index contributed by atoms with van der Waals surface area (Å²) in [5, 5.41) is 18.0. The van der Waals surface area contributed by atoms with Gasteiger partial charge in [-0.3, -0.25) is 20.0 Å². The number of hydrogen-bond donors (Lipinski definition) is 1. The number of hydrogen-bond acceptors (Lipinski definition) is 4. The number of aromatic nitrogens is 2. The summed E-state index contributed by atoms with van der Waals surface area (Å²) >= 11 is 0. The van der Waals surface area contributed by atoms with E-state index in [9.17, 15) is 14.9 Å². The highest BCUT2D eigenvalue weighted by atomic mass is 16.6. The first-order chi connectivity index (χ1) is 10.8. The van der Waals surface area contributed by atoms with Crippen molar-refractivity contribution in [3.63, 3.8) is 0 Å². The number of rotatable bonds is 2. The van der Waals surface area contributed by atoms with Crippen molar-refractivity contribution in [2.24, 2.45) is 0 Å². The van der Waals surface area contributed by atoms with E-state index in [0.717, 1.165) is 11.3 Å². The molecule has 1 amide bonds. The molecule has 1 aromatic carbocycles. The molecule has 0 radical (unpaired) electrons. The number of nitrogens with zero attached hydrogens (tertiary/aromatic N) is 3. The maximum atomic E-state index is 12.7. The van der Waals surface area contributed by atoms with Crippen LogP contribution in [0.15, 0.2) is 24.3 Å². The second-order valence-corrected chi connectivity index (χ2v) is 6.69. The maximum Gasteiger partial charge on any atom is 0.278 e. The van der Waals surface area contributed by atoms with Crippen molar-refractivity contribution < 1.29 is 9.72 Å². The third-order valence-corrected chi connectivity index (χ3v) is 4.03. The van der Waals surface area contributed by atoms with Crippen molar-refractivity contribution in [3.8, 4) is 0 Å². The van der Waals surface area contributed by atoms with Crippen molar-refractivity contribution in [2.45, 2.75) is 32.6 Å². The Hall–Kier alpha value is -2.70. The zero-order valence-electron chi connectivity index (χ0n) is 13.3. The summed E-state index contributed by atoms with van der Waals surface area (Å²) in [6.07, 6.45) is 0.690. The van der Waals surface area contributed by atoms with Gasteiger partial charge in [0, 0.05) is 29.8 Å². The van der Waals surface area contributed by atoms with Gasteiger partial charge in [0.1, 0.15) is 0 Å². The Kier molecular flexibility index (Phi) is 3.43. The van der Waals surface area contributed by atoms with Gasteiger partial charge in [-0.25, -0.2) is 0 Å². The van der Waals surface area contributed by atoms with E-state index >= 15 is 0 Å². The van der Waals surface area contributed by atoms with Crippen LogP contribution in [-0.2, 0) is 11.8 Å². The van der Waals surface area contributed by atoms with Crippen molar-refractivity contribution >= 4 is 17.3 Å². The van der Waals surface area contributed by atoms with E-state index in [1.165, 1.54) is 12.1 Å². The third kappa shape index (κ3) is 2.69. The fourth-order valence-electron chi connectivity index (χ4n) is 2.65. The molecule has 1 aliphatic rings. The molecule has 0 saturated heterocycles. The third-order valence-electron chi connectivity index (χ3n) is 4.03. The quantitative estimate of drug-likeness (QED) is 0.681. The van der Waals surface area contributed by atoms with Crippen molar-refractivity contribution in [3.05, 3.63) is 51.3 Å². The fraction of sp³-hybridized carbons (Fsp3) is 0.375. The molecule has 0 saturated carbocycles. The van der Waals surface area contributed by atoms with Crippen LogP contribution in [0.1, 0.15) is 42.5 Å². The van der Waals surface area contributed by atoms with Gasteiger partial charge < -0.3 is 4.90 Å². The van der Waals surface area contributed by atoms with Gasteiger partial charge in [0.15, 0.2) is 5.69 Å². The van der Waals surface area contributed by atoms with Gasteiger partial charge in [-0.15, -0.1) is 0 Å². The number of aromatic amines is 1. The molecule has 0 unspecified atom stereocenters. The van der Waals surface area contributed by atoms with E-state index in [4.69, 9.17) is 0 Å². The minimum absolute atomic E-state index is 0.0131. The lowest BCUT2D eigenvalue weighted by Gasteiger charge is -2.16. The van der Waals surface area contributed by atoms with Crippen LogP contribution in [0.4, 0.5) is 11.4 Å². The molecule has 0 spiro atoms. The smallest absolute Gasteiger partial charge is 0.278 e. The Morgan fingerprint density at radius 1 is 1.35 bits per heavy atom. The fourth-order valence-corrected chi connectivity index (χ4v) is 2.65. The number of amides is 1. The molecule has 23 heavy (non-hydrogen) atoms. The summed E-state index contributed by atoms with van der Waals surface area (Å²) < 4.78 is 0. The van der Waals surface area contributed by atoms with E-state index in [-0.39, 0.29) is 17.0 Å². The summed E-state index contributed by atoms with van der Waals surface area (Å²) in [4.78, 5) is 24.8. The van der Waals surface area contributed by atoms with Crippen LogP contribution in [0.2, 0.25) is 0 Å². The van der Waals surface area contributed by atoms with Crippen LogP contribution in [0.25, 0.3) is 0 Å². The lowest BCUT2D eigenvalue weighted by Crippen LogP contribution is -2.29. The van der Waals surface area contributed by atoms with Crippen LogP contribution in [0, 0.1) is 10.1 Å². The molecule has 120 valence electrons. The molecule has 0 atom stereocenters. The Bertz CT molecular complexity index is 789. The number of fused-ring (bicyclic) bond motifs is 1. The van der Waals surface area contributed by atoms with Crippen LogP contribution in [-0.4, -0.2) is 27.6 Å². The largest absolute Gasteiger partial charge is 0.306 e. The standard InChI is InChI=1S/C16H18N4O3/c1-16(2,3)14-9-12(17-18-14)15(21)19-7-6-10-4-5-11(20(22)23)8-13(10)19/h4-5,8-9H,6-7H2,1-3H3,(H,17,18). The summed E-state index contributed by atoms with van der Waals surface area (Å²) in [6, 6.07) is 6.39. The highest BCUT2D eigenvalue weighted by Crippen LogP contribution is 2.32. The normalized spacial score (nSPS) is 14.0. The minimum Gasteiger partial charge on any atom is -0.306 e. The molecule has 0 fully saturated rings. The number of carbonyl (C=O) groups is 1. The van der Waals surface area contributed by atoms with Gasteiger partial charge in [-0.05, 0) is 18.1 Å². The summed E-state index contributed by atoms with van der Waals surface area (Å²) in [5.74, 6) is -0.240. The Balaban J connectivity index is 1.93. The molecule has 7 heteroatoms. The lowest BCUT2D eigenvalue weighted by molar-refractivity contribution is -0.384. The highest BCUT2D eigenvalue weighted by molar-refractivity contribution is 6.06. The van der Waals surface area contributed by atoms with Gasteiger partial charge in [0.2, 0.25) is 0 Å². The van der Waals surface area contributed by atoms with Crippen LogP contribution >= 0.6 is 0 Å². The molecular weight excluding hydrogens is 296 g/mol. The van der Waals surface area contributed by atoms with Gasteiger partial charge in [0.25, 0.3) is 11.6 Å². The number of benzene rings is 1. The number of nitro benzene ring substituents is 1. The first kappa shape index (κ1) is 15.2. The van der Waals surface area contributed by atoms with E-state index in [1.807, 2.05) is 20.8 Å². The van der Waals surface area contributed by atoms with Gasteiger partial charge >= 0.3 is 0 Å². The molecular formula is C16H18N4O3. The number of nitrogens with one attached hydrogen (secondary N) is 1. The zero-order valence-corrected chi connectivity index (χ0v) is 13.3. The monoisotopic (exact) mass is 314 g/mol. The van der Waals surface area contributed by atoms with Gasteiger partial charge in [-0.2, -0.15) is 5.10 Å². The molecule has 7 nitrogen and oxygen atoms in total. The number of H-pyrrole nitrogens is 1. The van der Waals surface area contributed by atoms with E-state index in [1.54, 1.807) is 17.0 Å². The summed E-state index contributed by atoms with van der Waals surface area (Å²) in [5.41, 5.74) is 2.60. The molecule has 0 aliphatic carbocycles. The predicted octanol–water partition coefficient (Wildman–Crippen LogP) is 2.82. The van der Waals surface area contributed by atoms with Crippen molar-refractivity contribution in [1.82, 2.24) is 10.2 Å². The van der Waals surface area contributed by atoms with Crippen LogP contribution < -0.4 is 4.90 Å². The molecule has 0 bridgehead atoms. The second-order valence-electron chi connectivity index (χ2n) is 6.69. The number of nitro groups is 1. The summed E-state index contributed by atoms with van der Waals surface area (Å²) in [6.45, 7) is 6.60. The average Bonchev–Trinajstić information content (AvgIpc) is 3.12. The molecule has 1 aromatic heterocycles. The van der Waals surface area contributed by atoms with Crippen LogP contribution in [0.5, 0.6) is 0 Å². The predicted molar refractivity (Wildman–Crippen MR) is 85.8 cm³/mol. The first-order valence-corrected chi connectivity index (χ1v) is 7.42. The zero-order chi connectivity index (χ0) is 16.8. The first-order valence-electron chi connectivity index (χ1n) is 7.42. The SMILES string of the molecule is CC(C)(C)c1cc(C(=O)N2CCc3ccc([N+](=O)[O-])cc32)n[nH]1. The Morgan fingerprint density at radius 3 is 2.70 bits per heavy atom. The minimum atomic E-state index is -0.451. The molecule has 2 aromatic rings. The second kappa shape index (κ2) is 5.19. The van der Waals surface area contributed by atoms with Crippen molar-refractivity contribution in [1.29, 1.82) is 0 Å². The van der Waals surface area contributed by atoms with E-state index < -0.39 is 4.92 Å². The van der Waals surface area contributed by atoms with Crippen LogP contribution in [0.3, 0.4) is 0 Å². The molecule has 1 N–H and O–H groups in total. The van der Waals surface area contributed by atoms with Crippen molar-refractivity contribution in [2.75, 3.05) is 11.4 Å². The highest BCUT2D eigenvalue weighted by Gasteiger charge is 2.29. The molecule has 3 rings (SSSR count). The average molecular weight is 314 g/mol. The Labute approximate surface area is 133 Å². The molecule has 2 heterocycles. The van der Waals surface area contributed by atoms with Gasteiger partial charge in [0.05, 0.1) is 10.6 Å². The maximum absolute atomic E-state index is 12.7.